The second-order valence-electron chi connectivity index (χ2n) is 4.67. The Morgan fingerprint density at radius 3 is 2.57 bits per heavy atom. The van der Waals surface area contributed by atoms with E-state index >= 15 is 0 Å². The van der Waals surface area contributed by atoms with Gasteiger partial charge in [-0.2, -0.15) is 0 Å². The van der Waals surface area contributed by atoms with Gasteiger partial charge in [0.15, 0.2) is 6.61 Å². The number of rotatable bonds is 5. The Kier molecular flexibility index (Phi) is 5.41. The first-order valence-corrected chi connectivity index (χ1v) is 7.25. The molecule has 1 N–H and O–H groups in total. The molecular formula is C15H12Cl2N2O4. The summed E-state index contributed by atoms with van der Waals surface area (Å²) in [7, 11) is 0. The number of halogens is 2. The quantitative estimate of drug-likeness (QED) is 0.643. The van der Waals surface area contributed by atoms with E-state index in [0.29, 0.717) is 27.0 Å². The van der Waals surface area contributed by atoms with Gasteiger partial charge < -0.3 is 10.1 Å². The van der Waals surface area contributed by atoms with Crippen molar-refractivity contribution in [2.45, 2.75) is 6.92 Å². The number of nitrogens with one attached hydrogen (secondary N) is 1. The molecule has 0 aliphatic rings. The van der Waals surface area contributed by atoms with E-state index in [4.69, 9.17) is 27.9 Å². The maximum Gasteiger partial charge on any atom is 0.272 e. The molecule has 0 radical (unpaired) electrons. The lowest BCUT2D eigenvalue weighted by atomic mass is 10.2. The van der Waals surface area contributed by atoms with Crippen molar-refractivity contribution in [3.05, 3.63) is 62.1 Å². The Morgan fingerprint density at radius 1 is 1.22 bits per heavy atom. The number of carbonyl (C=O) groups excluding carboxylic acids is 1. The predicted molar refractivity (Wildman–Crippen MR) is 88.4 cm³/mol. The summed E-state index contributed by atoms with van der Waals surface area (Å²) in [6, 6.07) is 8.99. The van der Waals surface area contributed by atoms with Crippen LogP contribution in [0.1, 0.15) is 5.56 Å². The van der Waals surface area contributed by atoms with Crippen molar-refractivity contribution in [2.24, 2.45) is 0 Å². The number of nitrogens with zero attached hydrogens (tertiary/aromatic N) is 1. The van der Waals surface area contributed by atoms with Gasteiger partial charge in [0.2, 0.25) is 0 Å². The molecule has 1 amide bonds. The molecule has 0 atom stereocenters. The SMILES string of the molecule is Cc1cc(OCC(=O)Nc2ccc(Cl)c(Cl)c2)ccc1[N+](=O)[O-]. The van der Waals surface area contributed by atoms with Crippen molar-refractivity contribution < 1.29 is 14.5 Å². The molecule has 0 bridgehead atoms. The lowest BCUT2D eigenvalue weighted by Gasteiger charge is -2.09. The number of benzene rings is 2. The maximum absolute atomic E-state index is 11.8. The van der Waals surface area contributed by atoms with Gasteiger partial charge in [0.1, 0.15) is 5.75 Å². The minimum atomic E-state index is -0.476. The van der Waals surface area contributed by atoms with Crippen LogP contribution in [0.4, 0.5) is 11.4 Å². The highest BCUT2D eigenvalue weighted by Crippen LogP contribution is 2.25. The largest absolute Gasteiger partial charge is 0.484 e. The third kappa shape index (κ3) is 4.58. The topological polar surface area (TPSA) is 81.5 Å². The van der Waals surface area contributed by atoms with E-state index in [9.17, 15) is 14.9 Å². The van der Waals surface area contributed by atoms with Crippen molar-refractivity contribution in [1.82, 2.24) is 0 Å². The van der Waals surface area contributed by atoms with Crippen LogP contribution in [0, 0.1) is 17.0 Å². The minimum Gasteiger partial charge on any atom is -0.484 e. The number of nitro benzene ring substituents is 1. The first-order chi connectivity index (χ1) is 10.9. The van der Waals surface area contributed by atoms with Gasteiger partial charge in [-0.1, -0.05) is 23.2 Å². The van der Waals surface area contributed by atoms with Gasteiger partial charge in [-0.15, -0.1) is 0 Å². The summed E-state index contributed by atoms with van der Waals surface area (Å²) in [5.41, 5.74) is 0.947. The van der Waals surface area contributed by atoms with Crippen molar-refractivity contribution in [1.29, 1.82) is 0 Å². The molecule has 0 saturated carbocycles. The fourth-order valence-corrected chi connectivity index (χ4v) is 2.14. The third-order valence-corrected chi connectivity index (χ3v) is 3.68. The first-order valence-electron chi connectivity index (χ1n) is 6.49. The van der Waals surface area contributed by atoms with Crippen molar-refractivity contribution in [3.63, 3.8) is 0 Å². The smallest absolute Gasteiger partial charge is 0.272 e. The average molecular weight is 355 g/mol. The normalized spacial score (nSPS) is 10.2. The zero-order valence-corrected chi connectivity index (χ0v) is 13.5. The second kappa shape index (κ2) is 7.30. The summed E-state index contributed by atoms with van der Waals surface area (Å²) >= 11 is 11.6. The zero-order valence-electron chi connectivity index (χ0n) is 12.0. The van der Waals surface area contributed by atoms with Crippen LogP contribution < -0.4 is 10.1 Å². The van der Waals surface area contributed by atoms with Crippen LogP contribution in [0.15, 0.2) is 36.4 Å². The van der Waals surface area contributed by atoms with Gasteiger partial charge in [0, 0.05) is 17.3 Å². The minimum absolute atomic E-state index is 0.00222. The fraction of sp³-hybridized carbons (Fsp3) is 0.133. The van der Waals surface area contributed by atoms with Gasteiger partial charge >= 0.3 is 0 Å². The summed E-state index contributed by atoms with van der Waals surface area (Å²) in [6.07, 6.45) is 0. The molecule has 120 valence electrons. The summed E-state index contributed by atoms with van der Waals surface area (Å²) < 4.78 is 5.32. The van der Waals surface area contributed by atoms with Crippen LogP contribution in [0.2, 0.25) is 10.0 Å². The number of hydrogen-bond donors (Lipinski definition) is 1. The van der Waals surface area contributed by atoms with Crippen LogP contribution in [-0.2, 0) is 4.79 Å². The van der Waals surface area contributed by atoms with Crippen LogP contribution >= 0.6 is 23.2 Å². The lowest BCUT2D eigenvalue weighted by molar-refractivity contribution is -0.385. The fourth-order valence-electron chi connectivity index (χ4n) is 1.84. The molecule has 2 rings (SSSR count). The van der Waals surface area contributed by atoms with E-state index in [1.807, 2.05) is 0 Å². The Labute approximate surface area is 142 Å². The van der Waals surface area contributed by atoms with Gasteiger partial charge in [-0.25, -0.2) is 0 Å². The monoisotopic (exact) mass is 354 g/mol. The molecule has 0 spiro atoms. The van der Waals surface area contributed by atoms with E-state index in [1.165, 1.54) is 24.3 Å². The molecule has 6 nitrogen and oxygen atoms in total. The van der Waals surface area contributed by atoms with Gasteiger partial charge in [-0.3, -0.25) is 14.9 Å². The second-order valence-corrected chi connectivity index (χ2v) is 5.49. The molecule has 0 aliphatic heterocycles. The lowest BCUT2D eigenvalue weighted by Crippen LogP contribution is -2.20. The molecule has 8 heteroatoms. The number of anilines is 1. The zero-order chi connectivity index (χ0) is 17.0. The Morgan fingerprint density at radius 2 is 1.96 bits per heavy atom. The average Bonchev–Trinajstić information content (AvgIpc) is 2.48. The van der Waals surface area contributed by atoms with Gasteiger partial charge in [0.25, 0.3) is 11.6 Å². The molecule has 0 saturated heterocycles. The molecule has 2 aromatic carbocycles. The number of amides is 1. The number of hydrogen-bond acceptors (Lipinski definition) is 4. The van der Waals surface area contributed by atoms with Crippen molar-refractivity contribution >= 4 is 40.5 Å². The molecule has 0 aromatic heterocycles. The number of nitro groups is 1. The van der Waals surface area contributed by atoms with Crippen molar-refractivity contribution in [3.8, 4) is 5.75 Å². The number of aryl methyl sites for hydroxylation is 1. The summed E-state index contributed by atoms with van der Waals surface area (Å²) in [5, 5.41) is 14.1. The number of ether oxygens (including phenoxy) is 1. The first kappa shape index (κ1) is 17.1. The van der Waals surface area contributed by atoms with Crippen LogP contribution in [0.5, 0.6) is 5.75 Å². The summed E-state index contributed by atoms with van der Waals surface area (Å²) in [4.78, 5) is 22.1. The number of carbonyl (C=O) groups is 1. The Hall–Kier alpha value is -2.31. The van der Waals surface area contributed by atoms with Crippen LogP contribution in [0.25, 0.3) is 0 Å². The third-order valence-electron chi connectivity index (χ3n) is 2.94. The predicted octanol–water partition coefficient (Wildman–Crippen LogP) is 4.23. The Balaban J connectivity index is 1.95. The maximum atomic E-state index is 11.8. The molecule has 2 aromatic rings. The molecule has 0 aliphatic carbocycles. The van der Waals surface area contributed by atoms with E-state index in [0.717, 1.165) is 0 Å². The highest BCUT2D eigenvalue weighted by Gasteiger charge is 2.11. The molecule has 0 heterocycles. The van der Waals surface area contributed by atoms with Crippen LogP contribution in [0.3, 0.4) is 0 Å². The van der Waals surface area contributed by atoms with E-state index in [-0.39, 0.29) is 18.2 Å². The van der Waals surface area contributed by atoms with Gasteiger partial charge in [-0.05, 0) is 37.3 Å². The summed E-state index contributed by atoms with van der Waals surface area (Å²) in [5.74, 6) is -0.0169. The molecule has 0 unspecified atom stereocenters. The molecular weight excluding hydrogens is 343 g/mol. The van der Waals surface area contributed by atoms with E-state index in [2.05, 4.69) is 5.32 Å². The van der Waals surface area contributed by atoms with Gasteiger partial charge in [0.05, 0.1) is 15.0 Å². The summed E-state index contributed by atoms with van der Waals surface area (Å²) in [6.45, 7) is 1.36. The van der Waals surface area contributed by atoms with E-state index in [1.54, 1.807) is 19.1 Å². The molecule has 23 heavy (non-hydrogen) atoms. The standard InChI is InChI=1S/C15H12Cl2N2O4/c1-9-6-11(3-5-14(9)19(21)22)23-8-15(20)18-10-2-4-12(16)13(17)7-10/h2-7H,8H2,1H3,(H,18,20). The highest BCUT2D eigenvalue weighted by atomic mass is 35.5. The van der Waals surface area contributed by atoms with E-state index < -0.39 is 4.92 Å². The highest BCUT2D eigenvalue weighted by molar-refractivity contribution is 6.42. The van der Waals surface area contributed by atoms with Crippen LogP contribution in [-0.4, -0.2) is 17.4 Å². The Bertz CT molecular complexity index is 765. The van der Waals surface area contributed by atoms with Crippen molar-refractivity contribution in [2.75, 3.05) is 11.9 Å². The molecule has 0 fully saturated rings.